The lowest BCUT2D eigenvalue weighted by atomic mass is 10.2. The van der Waals surface area contributed by atoms with Gasteiger partial charge >= 0.3 is 0 Å². The number of hydrogen-bond acceptors (Lipinski definition) is 5. The van der Waals surface area contributed by atoms with Crippen molar-refractivity contribution in [3.63, 3.8) is 0 Å². The van der Waals surface area contributed by atoms with Crippen molar-refractivity contribution in [2.45, 2.75) is 19.8 Å². The van der Waals surface area contributed by atoms with Gasteiger partial charge in [-0.3, -0.25) is 19.7 Å². The molecule has 0 aliphatic carbocycles. The Morgan fingerprint density at radius 3 is 2.44 bits per heavy atom. The van der Waals surface area contributed by atoms with Gasteiger partial charge in [-0.05, 0) is 48.4 Å². The Balaban J connectivity index is 1.76. The summed E-state index contributed by atoms with van der Waals surface area (Å²) in [5, 5.41) is 17.6. The highest BCUT2D eigenvalue weighted by Gasteiger charge is 2.08. The van der Waals surface area contributed by atoms with Gasteiger partial charge in [0.1, 0.15) is 0 Å². The van der Waals surface area contributed by atoms with Crippen LogP contribution in [0.2, 0.25) is 5.02 Å². The molecule has 2 rings (SSSR count). The standard InChI is InChI=1S/C18H17ClN4O4/c1-12-10-14(19)4-7-16(12)21-17(24)8-9-18(25)22-20-11-13-2-5-15(6-3-13)23(26)27/h2-7,10-11H,8-9H2,1H3,(H,21,24)(H,22,25)/b20-11+. The zero-order valence-corrected chi connectivity index (χ0v) is 15.2. The van der Waals surface area contributed by atoms with E-state index in [-0.39, 0.29) is 24.4 Å². The van der Waals surface area contributed by atoms with Gasteiger partial charge in [0.25, 0.3) is 5.69 Å². The fourth-order valence-corrected chi connectivity index (χ4v) is 2.35. The largest absolute Gasteiger partial charge is 0.326 e. The molecular weight excluding hydrogens is 372 g/mol. The Morgan fingerprint density at radius 1 is 1.15 bits per heavy atom. The number of nitrogens with one attached hydrogen (secondary N) is 2. The molecule has 0 saturated carbocycles. The minimum absolute atomic E-state index is 0.000944. The smallest absolute Gasteiger partial charge is 0.269 e. The number of carbonyl (C=O) groups excluding carboxylic acids is 2. The molecular formula is C18H17ClN4O4. The van der Waals surface area contributed by atoms with Crippen LogP contribution < -0.4 is 10.7 Å². The van der Waals surface area contributed by atoms with E-state index < -0.39 is 10.8 Å². The lowest BCUT2D eigenvalue weighted by Crippen LogP contribution is -2.20. The van der Waals surface area contributed by atoms with E-state index in [1.54, 1.807) is 18.2 Å². The average Bonchev–Trinajstić information content (AvgIpc) is 2.63. The highest BCUT2D eigenvalue weighted by Crippen LogP contribution is 2.19. The number of carbonyl (C=O) groups is 2. The van der Waals surface area contributed by atoms with Crippen LogP contribution in [-0.4, -0.2) is 23.0 Å². The van der Waals surface area contributed by atoms with Crippen molar-refractivity contribution in [1.82, 2.24) is 5.43 Å². The number of hydrogen-bond donors (Lipinski definition) is 2. The highest BCUT2D eigenvalue weighted by atomic mass is 35.5. The van der Waals surface area contributed by atoms with Gasteiger partial charge in [0.05, 0.1) is 11.1 Å². The number of rotatable bonds is 7. The Morgan fingerprint density at radius 2 is 1.81 bits per heavy atom. The zero-order chi connectivity index (χ0) is 19.8. The van der Waals surface area contributed by atoms with Gasteiger partial charge in [-0.15, -0.1) is 0 Å². The summed E-state index contributed by atoms with van der Waals surface area (Å²) in [5.74, 6) is -0.717. The molecule has 2 amide bonds. The maximum absolute atomic E-state index is 11.9. The van der Waals surface area contributed by atoms with Gasteiger partial charge in [-0.2, -0.15) is 5.10 Å². The summed E-state index contributed by atoms with van der Waals surface area (Å²) in [6, 6.07) is 10.8. The number of aryl methyl sites for hydroxylation is 1. The number of amides is 2. The van der Waals surface area contributed by atoms with Crippen LogP contribution >= 0.6 is 11.6 Å². The van der Waals surface area contributed by atoms with Gasteiger partial charge < -0.3 is 5.32 Å². The van der Waals surface area contributed by atoms with Crippen molar-refractivity contribution in [2.75, 3.05) is 5.32 Å². The van der Waals surface area contributed by atoms with Crippen LogP contribution in [0.5, 0.6) is 0 Å². The minimum atomic E-state index is -0.501. The number of nitrogens with zero attached hydrogens (tertiary/aromatic N) is 2. The molecule has 0 radical (unpaired) electrons. The lowest BCUT2D eigenvalue weighted by Gasteiger charge is -2.08. The summed E-state index contributed by atoms with van der Waals surface area (Å²) in [7, 11) is 0. The number of nitro benzene ring substituents is 1. The molecule has 9 heteroatoms. The summed E-state index contributed by atoms with van der Waals surface area (Å²) < 4.78 is 0. The number of benzene rings is 2. The first-order valence-electron chi connectivity index (χ1n) is 7.97. The fourth-order valence-electron chi connectivity index (χ4n) is 2.12. The first-order chi connectivity index (χ1) is 12.8. The highest BCUT2D eigenvalue weighted by molar-refractivity contribution is 6.30. The van der Waals surface area contributed by atoms with Gasteiger partial charge in [0, 0.05) is 35.7 Å². The first-order valence-corrected chi connectivity index (χ1v) is 8.35. The van der Waals surface area contributed by atoms with Crippen LogP contribution in [-0.2, 0) is 9.59 Å². The second-order valence-electron chi connectivity index (χ2n) is 5.65. The second kappa shape index (κ2) is 9.44. The molecule has 0 bridgehead atoms. The van der Waals surface area contributed by atoms with Crippen molar-refractivity contribution in [2.24, 2.45) is 5.10 Å². The van der Waals surface area contributed by atoms with E-state index in [1.165, 1.54) is 30.5 Å². The van der Waals surface area contributed by atoms with E-state index in [4.69, 9.17) is 11.6 Å². The second-order valence-corrected chi connectivity index (χ2v) is 6.09. The van der Waals surface area contributed by atoms with Crippen LogP contribution in [0.1, 0.15) is 24.0 Å². The van der Waals surface area contributed by atoms with E-state index in [0.717, 1.165) is 5.56 Å². The molecule has 27 heavy (non-hydrogen) atoms. The number of anilines is 1. The quantitative estimate of drug-likeness (QED) is 0.429. The number of non-ortho nitro benzene ring substituents is 1. The van der Waals surface area contributed by atoms with E-state index in [1.807, 2.05) is 6.92 Å². The summed E-state index contributed by atoms with van der Waals surface area (Å²) >= 11 is 5.86. The molecule has 0 heterocycles. The summed E-state index contributed by atoms with van der Waals surface area (Å²) in [4.78, 5) is 33.7. The van der Waals surface area contributed by atoms with E-state index in [2.05, 4.69) is 15.8 Å². The molecule has 0 spiro atoms. The molecule has 0 fully saturated rings. The Bertz CT molecular complexity index is 881. The van der Waals surface area contributed by atoms with Crippen LogP contribution in [0, 0.1) is 17.0 Å². The van der Waals surface area contributed by atoms with Gasteiger partial charge in [-0.1, -0.05) is 11.6 Å². The van der Waals surface area contributed by atoms with Gasteiger partial charge in [0.15, 0.2) is 0 Å². The average molecular weight is 389 g/mol. The van der Waals surface area contributed by atoms with Gasteiger partial charge in [-0.25, -0.2) is 5.43 Å². The minimum Gasteiger partial charge on any atom is -0.326 e. The molecule has 0 aliphatic rings. The third-order valence-corrected chi connectivity index (χ3v) is 3.78. The number of halogens is 1. The number of hydrazone groups is 1. The number of nitro groups is 1. The van der Waals surface area contributed by atoms with Crippen LogP contribution in [0.15, 0.2) is 47.6 Å². The normalized spacial score (nSPS) is 10.6. The van der Waals surface area contributed by atoms with Crippen molar-refractivity contribution in [1.29, 1.82) is 0 Å². The molecule has 2 N–H and O–H groups in total. The predicted molar refractivity (Wildman–Crippen MR) is 103 cm³/mol. The van der Waals surface area contributed by atoms with E-state index in [0.29, 0.717) is 16.3 Å². The maximum atomic E-state index is 11.9. The summed E-state index contributed by atoms with van der Waals surface area (Å²) in [6.07, 6.45) is 1.33. The zero-order valence-electron chi connectivity index (χ0n) is 14.4. The van der Waals surface area contributed by atoms with E-state index >= 15 is 0 Å². The Kier molecular flexibility index (Phi) is 7.01. The molecule has 2 aromatic carbocycles. The van der Waals surface area contributed by atoms with Crippen molar-refractivity contribution >= 4 is 41.0 Å². The predicted octanol–water partition coefficient (Wildman–Crippen LogP) is 3.43. The van der Waals surface area contributed by atoms with E-state index in [9.17, 15) is 19.7 Å². The molecule has 0 aromatic heterocycles. The van der Waals surface area contributed by atoms with Crippen LogP contribution in [0.3, 0.4) is 0 Å². The molecule has 0 unspecified atom stereocenters. The van der Waals surface area contributed by atoms with Gasteiger partial charge in [0.2, 0.25) is 11.8 Å². The van der Waals surface area contributed by atoms with Crippen molar-refractivity contribution in [3.05, 3.63) is 68.7 Å². The lowest BCUT2D eigenvalue weighted by molar-refractivity contribution is -0.384. The first kappa shape index (κ1) is 20.1. The van der Waals surface area contributed by atoms with Crippen LogP contribution in [0.25, 0.3) is 0 Å². The Hall–Kier alpha value is -3.26. The third-order valence-electron chi connectivity index (χ3n) is 3.55. The summed E-state index contributed by atoms with van der Waals surface area (Å²) in [6.45, 7) is 1.82. The van der Waals surface area contributed by atoms with Crippen LogP contribution in [0.4, 0.5) is 11.4 Å². The van der Waals surface area contributed by atoms with Crippen molar-refractivity contribution in [3.8, 4) is 0 Å². The molecule has 140 valence electrons. The monoisotopic (exact) mass is 388 g/mol. The molecule has 2 aromatic rings. The fraction of sp³-hybridized carbons (Fsp3) is 0.167. The molecule has 0 atom stereocenters. The maximum Gasteiger partial charge on any atom is 0.269 e. The Labute approximate surface area is 160 Å². The van der Waals surface area contributed by atoms with Crippen molar-refractivity contribution < 1.29 is 14.5 Å². The SMILES string of the molecule is Cc1cc(Cl)ccc1NC(=O)CCC(=O)N/N=C/c1ccc([N+](=O)[O-])cc1. The topological polar surface area (TPSA) is 114 Å². The molecule has 0 aliphatic heterocycles. The third kappa shape index (κ3) is 6.52. The summed E-state index contributed by atoms with van der Waals surface area (Å²) in [5.41, 5.74) is 4.34. The molecule has 0 saturated heterocycles. The molecule has 8 nitrogen and oxygen atoms in total.